The van der Waals surface area contributed by atoms with Crippen LogP contribution in [0, 0.1) is 46.3 Å². The van der Waals surface area contributed by atoms with Crippen LogP contribution in [0.15, 0.2) is 52.5 Å². The van der Waals surface area contributed by atoms with Gasteiger partial charge in [0.25, 0.3) is 0 Å². The molecule has 0 radical (unpaired) electrons. The van der Waals surface area contributed by atoms with Crippen molar-refractivity contribution in [1.82, 2.24) is 5.32 Å². The van der Waals surface area contributed by atoms with Gasteiger partial charge in [-0.3, -0.25) is 0 Å². The molecule has 5 atom stereocenters. The standard InChI is InChI=1S/C24H20ClN3O3/c1-12-15(9-26)11-28-23-19(10-27)13(2)18(22(12)23)8-16-4-6-21(31-16)14-3-5-17(24(29)30)20(25)7-14/h3-8,12,15,19,22-23,28H,2,11H2,1H3,(H,29,30)/b18-8+. The number of carbonyl (C=O) groups is 1. The lowest BCUT2D eigenvalue weighted by molar-refractivity contribution is 0.0697. The van der Waals surface area contributed by atoms with Crippen LogP contribution in [-0.2, 0) is 0 Å². The number of furan rings is 1. The fraction of sp³-hybridized carbons (Fsp3) is 0.292. The lowest BCUT2D eigenvalue weighted by Gasteiger charge is -2.36. The van der Waals surface area contributed by atoms with E-state index < -0.39 is 5.97 Å². The molecule has 0 bridgehead atoms. The number of benzene rings is 1. The molecule has 4 rings (SSSR count). The summed E-state index contributed by atoms with van der Waals surface area (Å²) in [6, 6.07) is 12.9. The van der Waals surface area contributed by atoms with Crippen molar-refractivity contribution in [2.45, 2.75) is 13.0 Å². The number of halogens is 1. The zero-order valence-corrected chi connectivity index (χ0v) is 17.6. The summed E-state index contributed by atoms with van der Waals surface area (Å²) in [4.78, 5) is 11.2. The van der Waals surface area contributed by atoms with E-state index in [-0.39, 0.29) is 40.3 Å². The van der Waals surface area contributed by atoms with Crippen molar-refractivity contribution >= 4 is 23.6 Å². The Morgan fingerprint density at radius 3 is 2.74 bits per heavy atom. The molecule has 1 saturated carbocycles. The van der Waals surface area contributed by atoms with Crippen LogP contribution < -0.4 is 5.32 Å². The number of hydrogen-bond acceptors (Lipinski definition) is 5. The number of nitrogens with one attached hydrogen (secondary N) is 1. The highest BCUT2D eigenvalue weighted by molar-refractivity contribution is 6.33. The van der Waals surface area contributed by atoms with Gasteiger partial charge >= 0.3 is 5.97 Å². The summed E-state index contributed by atoms with van der Waals surface area (Å²) >= 11 is 6.08. The Balaban J connectivity index is 1.69. The maximum atomic E-state index is 11.2. The van der Waals surface area contributed by atoms with E-state index in [0.29, 0.717) is 23.6 Å². The van der Waals surface area contributed by atoms with Crippen molar-refractivity contribution in [3.8, 4) is 23.5 Å². The van der Waals surface area contributed by atoms with Gasteiger partial charge in [-0.1, -0.05) is 31.2 Å². The van der Waals surface area contributed by atoms with Crippen LogP contribution in [0.25, 0.3) is 17.4 Å². The normalized spacial score (nSPS) is 28.7. The van der Waals surface area contributed by atoms with Gasteiger partial charge in [0.1, 0.15) is 11.5 Å². The summed E-state index contributed by atoms with van der Waals surface area (Å²) in [5, 5.41) is 31.8. The maximum Gasteiger partial charge on any atom is 0.337 e. The van der Waals surface area contributed by atoms with Crippen LogP contribution in [0.2, 0.25) is 5.02 Å². The minimum Gasteiger partial charge on any atom is -0.478 e. The SMILES string of the molecule is C=C1/C(=C\c2ccc(-c3ccc(C(=O)O)c(Cl)c3)o2)C2C(C)C(C#N)CNC2C1C#N. The predicted octanol–water partition coefficient (Wildman–Crippen LogP) is 4.76. The molecule has 1 aromatic heterocycles. The molecule has 0 amide bonds. The fourth-order valence-corrected chi connectivity index (χ4v) is 4.92. The smallest absolute Gasteiger partial charge is 0.337 e. The number of fused-ring (bicyclic) bond motifs is 1. The van der Waals surface area contributed by atoms with Gasteiger partial charge in [0.2, 0.25) is 0 Å². The lowest BCUT2D eigenvalue weighted by Crippen LogP contribution is -2.49. The first-order valence-corrected chi connectivity index (χ1v) is 10.3. The van der Waals surface area contributed by atoms with Crippen molar-refractivity contribution < 1.29 is 14.3 Å². The molecule has 156 valence electrons. The third-order valence-corrected chi connectivity index (χ3v) is 6.65. The molecule has 6 nitrogen and oxygen atoms in total. The van der Waals surface area contributed by atoms with Crippen LogP contribution in [0.4, 0.5) is 0 Å². The van der Waals surface area contributed by atoms with E-state index >= 15 is 0 Å². The number of nitriles is 2. The van der Waals surface area contributed by atoms with E-state index in [1.807, 2.05) is 19.1 Å². The zero-order valence-electron chi connectivity index (χ0n) is 16.8. The van der Waals surface area contributed by atoms with E-state index in [1.165, 1.54) is 6.07 Å². The first kappa shape index (κ1) is 20.9. The first-order valence-electron chi connectivity index (χ1n) is 9.92. The zero-order chi connectivity index (χ0) is 22.3. The number of hydrogen-bond donors (Lipinski definition) is 2. The molecule has 2 aliphatic rings. The van der Waals surface area contributed by atoms with Gasteiger partial charge in [0, 0.05) is 24.1 Å². The average Bonchev–Trinajstić information content (AvgIpc) is 3.31. The molecule has 7 heteroatoms. The largest absolute Gasteiger partial charge is 0.478 e. The summed E-state index contributed by atoms with van der Waals surface area (Å²) in [6.45, 7) is 6.78. The van der Waals surface area contributed by atoms with Gasteiger partial charge in [-0.05, 0) is 47.4 Å². The first-order chi connectivity index (χ1) is 14.8. The van der Waals surface area contributed by atoms with Crippen molar-refractivity contribution in [3.63, 3.8) is 0 Å². The van der Waals surface area contributed by atoms with Crippen molar-refractivity contribution in [1.29, 1.82) is 10.5 Å². The maximum absolute atomic E-state index is 11.2. The molecule has 1 aromatic carbocycles. The monoisotopic (exact) mass is 433 g/mol. The number of nitrogens with zero attached hydrogens (tertiary/aromatic N) is 2. The molecule has 0 spiro atoms. The van der Waals surface area contributed by atoms with Crippen LogP contribution >= 0.6 is 11.6 Å². The number of carboxylic acids is 1. The molecule has 2 fully saturated rings. The fourth-order valence-electron chi connectivity index (χ4n) is 4.66. The minimum atomic E-state index is -1.09. The Morgan fingerprint density at radius 2 is 2.10 bits per heavy atom. The van der Waals surface area contributed by atoms with E-state index in [1.54, 1.807) is 18.2 Å². The van der Waals surface area contributed by atoms with Crippen LogP contribution in [0.3, 0.4) is 0 Å². The van der Waals surface area contributed by atoms with Crippen molar-refractivity contribution in [2.75, 3.05) is 6.54 Å². The van der Waals surface area contributed by atoms with Gasteiger partial charge in [0.05, 0.1) is 34.6 Å². The third-order valence-electron chi connectivity index (χ3n) is 6.34. The van der Waals surface area contributed by atoms with Crippen LogP contribution in [0.5, 0.6) is 0 Å². The molecule has 2 aromatic rings. The highest BCUT2D eigenvalue weighted by atomic mass is 35.5. The van der Waals surface area contributed by atoms with Crippen LogP contribution in [0.1, 0.15) is 23.0 Å². The number of rotatable bonds is 3. The molecule has 5 unspecified atom stereocenters. The van der Waals surface area contributed by atoms with Gasteiger partial charge in [-0.15, -0.1) is 0 Å². The van der Waals surface area contributed by atoms with Crippen molar-refractivity contribution in [3.05, 3.63) is 64.4 Å². The predicted molar refractivity (Wildman–Crippen MR) is 116 cm³/mol. The molecule has 31 heavy (non-hydrogen) atoms. The molecule has 2 heterocycles. The highest BCUT2D eigenvalue weighted by Gasteiger charge is 2.49. The van der Waals surface area contributed by atoms with E-state index in [9.17, 15) is 15.3 Å². The summed E-state index contributed by atoms with van der Waals surface area (Å²) in [6.07, 6.45) is 1.89. The molecule has 1 saturated heterocycles. The Bertz CT molecular complexity index is 1180. The Kier molecular flexibility index (Phi) is 5.45. The highest BCUT2D eigenvalue weighted by Crippen LogP contribution is 2.48. The summed E-state index contributed by atoms with van der Waals surface area (Å²) in [7, 11) is 0. The quantitative estimate of drug-likeness (QED) is 0.722. The molecule has 2 N–H and O–H groups in total. The van der Waals surface area contributed by atoms with Gasteiger partial charge < -0.3 is 14.8 Å². The third kappa shape index (κ3) is 3.55. The molecular formula is C24H20ClN3O3. The number of aromatic carboxylic acids is 1. The second-order valence-corrected chi connectivity index (χ2v) is 8.40. The van der Waals surface area contributed by atoms with E-state index in [0.717, 1.165) is 11.1 Å². The Morgan fingerprint density at radius 1 is 1.32 bits per heavy atom. The summed E-state index contributed by atoms with van der Waals surface area (Å²) in [5.41, 5.74) is 2.37. The summed E-state index contributed by atoms with van der Waals surface area (Å²) in [5.74, 6) is -0.371. The number of carboxylic acid groups (broad SMARTS) is 1. The van der Waals surface area contributed by atoms with Gasteiger partial charge in [0.15, 0.2) is 0 Å². The average molecular weight is 434 g/mol. The van der Waals surface area contributed by atoms with E-state index in [2.05, 4.69) is 24.0 Å². The van der Waals surface area contributed by atoms with Crippen LogP contribution in [-0.4, -0.2) is 23.7 Å². The van der Waals surface area contributed by atoms with Gasteiger partial charge in [-0.2, -0.15) is 10.5 Å². The Labute approximate surface area is 185 Å². The summed E-state index contributed by atoms with van der Waals surface area (Å²) < 4.78 is 5.98. The molecular weight excluding hydrogens is 414 g/mol. The molecule has 1 aliphatic heterocycles. The number of piperidine rings is 1. The van der Waals surface area contributed by atoms with Crippen molar-refractivity contribution in [2.24, 2.45) is 23.7 Å². The Hall–Kier alpha value is -3.32. The molecule has 1 aliphatic carbocycles. The topological polar surface area (TPSA) is 110 Å². The minimum absolute atomic E-state index is 0.00612. The lowest BCUT2D eigenvalue weighted by atomic mass is 9.74. The second kappa shape index (κ2) is 8.07. The van der Waals surface area contributed by atoms with Gasteiger partial charge in [-0.25, -0.2) is 4.79 Å². The van der Waals surface area contributed by atoms with E-state index in [4.69, 9.17) is 21.1 Å². The second-order valence-electron chi connectivity index (χ2n) is 7.99.